The van der Waals surface area contributed by atoms with Crippen molar-refractivity contribution in [2.75, 3.05) is 33.4 Å². The van der Waals surface area contributed by atoms with Crippen molar-refractivity contribution in [3.05, 3.63) is 0 Å². The molecular weight excluding hydrogens is 200 g/mol. The van der Waals surface area contributed by atoms with Crippen molar-refractivity contribution < 1.29 is 4.74 Å². The Balaban J connectivity index is 2.39. The number of hydrogen-bond donors (Lipinski definition) is 1. The smallest absolute Gasteiger partial charge is 0.0630 e. The molecule has 0 aromatic heterocycles. The molecule has 1 rings (SSSR count). The monoisotopic (exact) mass is 228 g/mol. The summed E-state index contributed by atoms with van der Waals surface area (Å²) in [6, 6.07) is 0.532. The summed E-state index contributed by atoms with van der Waals surface area (Å²) in [5, 5.41) is 3.58. The van der Waals surface area contributed by atoms with E-state index in [1.54, 1.807) is 7.11 Å². The van der Waals surface area contributed by atoms with Crippen LogP contribution in [0.1, 0.15) is 40.0 Å². The van der Waals surface area contributed by atoms with Gasteiger partial charge in [0.15, 0.2) is 0 Å². The van der Waals surface area contributed by atoms with Crippen LogP contribution in [0.15, 0.2) is 0 Å². The van der Waals surface area contributed by atoms with Crippen LogP contribution in [0.4, 0.5) is 0 Å². The summed E-state index contributed by atoms with van der Waals surface area (Å²) >= 11 is 0. The van der Waals surface area contributed by atoms with Gasteiger partial charge in [-0.15, -0.1) is 0 Å². The van der Waals surface area contributed by atoms with E-state index in [1.165, 1.54) is 32.4 Å². The maximum absolute atomic E-state index is 5.34. The molecule has 3 nitrogen and oxygen atoms in total. The van der Waals surface area contributed by atoms with Gasteiger partial charge >= 0.3 is 0 Å². The van der Waals surface area contributed by atoms with Crippen molar-refractivity contribution in [1.82, 2.24) is 10.2 Å². The first-order valence-corrected chi connectivity index (χ1v) is 6.51. The normalized spacial score (nSPS) is 21.0. The highest BCUT2D eigenvalue weighted by Gasteiger charge is 2.22. The summed E-state index contributed by atoms with van der Waals surface area (Å²) in [5.74, 6) is 0. The maximum atomic E-state index is 5.34. The Morgan fingerprint density at radius 1 is 1.19 bits per heavy atom. The number of nitrogens with one attached hydrogen (secondary N) is 1. The Bertz CT molecular complexity index is 183. The lowest BCUT2D eigenvalue weighted by Gasteiger charge is -2.36. The van der Waals surface area contributed by atoms with Crippen molar-refractivity contribution in [2.45, 2.75) is 51.6 Å². The van der Waals surface area contributed by atoms with Crippen molar-refractivity contribution in [3.63, 3.8) is 0 Å². The zero-order chi connectivity index (χ0) is 12.0. The van der Waals surface area contributed by atoms with E-state index >= 15 is 0 Å². The second-order valence-corrected chi connectivity index (χ2v) is 5.84. The van der Waals surface area contributed by atoms with Crippen molar-refractivity contribution in [3.8, 4) is 0 Å². The average molecular weight is 228 g/mol. The molecule has 16 heavy (non-hydrogen) atoms. The fraction of sp³-hybridized carbons (Fsp3) is 1.00. The molecule has 1 saturated heterocycles. The summed E-state index contributed by atoms with van der Waals surface area (Å²) in [6.07, 6.45) is 4.08. The van der Waals surface area contributed by atoms with Crippen LogP contribution in [-0.4, -0.2) is 49.8 Å². The average Bonchev–Trinajstić information content (AvgIpc) is 2.24. The lowest BCUT2D eigenvalue weighted by Crippen LogP contribution is -2.51. The Labute approximate surface area is 101 Å². The lowest BCUT2D eigenvalue weighted by molar-refractivity contribution is 0.0730. The minimum absolute atomic E-state index is 0.196. The molecule has 0 spiro atoms. The summed E-state index contributed by atoms with van der Waals surface area (Å²) in [5.41, 5.74) is 0.196. The molecule has 0 saturated carbocycles. The van der Waals surface area contributed by atoms with Crippen molar-refractivity contribution in [2.24, 2.45) is 0 Å². The third kappa shape index (κ3) is 5.28. The van der Waals surface area contributed by atoms with Gasteiger partial charge in [-0.1, -0.05) is 6.42 Å². The van der Waals surface area contributed by atoms with Gasteiger partial charge in [-0.2, -0.15) is 0 Å². The molecule has 1 unspecified atom stereocenters. The predicted molar refractivity (Wildman–Crippen MR) is 68.8 cm³/mol. The van der Waals surface area contributed by atoms with Gasteiger partial charge in [0.05, 0.1) is 6.61 Å². The molecule has 0 aliphatic carbocycles. The zero-order valence-electron chi connectivity index (χ0n) is 11.4. The van der Waals surface area contributed by atoms with Crippen LogP contribution in [0, 0.1) is 0 Å². The Morgan fingerprint density at radius 3 is 2.31 bits per heavy atom. The van der Waals surface area contributed by atoms with Crippen LogP contribution in [0.3, 0.4) is 0 Å². The predicted octanol–water partition coefficient (Wildman–Crippen LogP) is 1.88. The van der Waals surface area contributed by atoms with Crippen LogP contribution in [0.5, 0.6) is 0 Å². The number of likely N-dealkylation sites (tertiary alicyclic amines) is 1. The van der Waals surface area contributed by atoms with E-state index in [9.17, 15) is 0 Å². The number of rotatable bonds is 5. The fourth-order valence-electron chi connectivity index (χ4n) is 2.19. The van der Waals surface area contributed by atoms with Gasteiger partial charge in [0.2, 0.25) is 0 Å². The molecule has 0 bridgehead atoms. The second-order valence-electron chi connectivity index (χ2n) is 5.84. The molecule has 1 N–H and O–H groups in total. The van der Waals surface area contributed by atoms with Crippen LogP contribution in [0.25, 0.3) is 0 Å². The molecule has 1 heterocycles. The number of methoxy groups -OCH3 is 1. The van der Waals surface area contributed by atoms with Crippen LogP contribution < -0.4 is 5.32 Å². The molecular formula is C13H28N2O. The molecule has 1 aliphatic rings. The highest BCUT2D eigenvalue weighted by atomic mass is 16.5. The lowest BCUT2D eigenvalue weighted by atomic mass is 10.1. The Morgan fingerprint density at radius 2 is 1.81 bits per heavy atom. The van der Waals surface area contributed by atoms with Gasteiger partial charge in [-0.05, 0) is 46.7 Å². The Hall–Kier alpha value is -0.120. The molecule has 0 aromatic rings. The number of ether oxygens (including phenoxy) is 1. The minimum Gasteiger partial charge on any atom is -0.383 e. The topological polar surface area (TPSA) is 24.5 Å². The number of hydrogen-bond acceptors (Lipinski definition) is 3. The van der Waals surface area contributed by atoms with Gasteiger partial charge in [-0.25, -0.2) is 0 Å². The van der Waals surface area contributed by atoms with Gasteiger partial charge in [0.25, 0.3) is 0 Å². The third-order valence-electron chi connectivity index (χ3n) is 3.13. The fourth-order valence-corrected chi connectivity index (χ4v) is 2.19. The van der Waals surface area contributed by atoms with Gasteiger partial charge < -0.3 is 10.1 Å². The van der Waals surface area contributed by atoms with Crippen LogP contribution in [0.2, 0.25) is 0 Å². The summed E-state index contributed by atoms with van der Waals surface area (Å²) in [4.78, 5) is 2.58. The van der Waals surface area contributed by atoms with E-state index in [0.29, 0.717) is 6.04 Å². The molecule has 0 amide bonds. The van der Waals surface area contributed by atoms with Gasteiger partial charge in [0, 0.05) is 25.2 Å². The van der Waals surface area contributed by atoms with Crippen molar-refractivity contribution >= 4 is 0 Å². The number of piperidine rings is 1. The molecule has 96 valence electrons. The molecule has 1 atom stereocenters. The quantitative estimate of drug-likeness (QED) is 0.777. The van der Waals surface area contributed by atoms with Crippen molar-refractivity contribution in [1.29, 1.82) is 0 Å². The van der Waals surface area contributed by atoms with Crippen LogP contribution >= 0.6 is 0 Å². The van der Waals surface area contributed by atoms with Gasteiger partial charge in [0.1, 0.15) is 0 Å². The zero-order valence-corrected chi connectivity index (χ0v) is 11.4. The molecule has 1 fully saturated rings. The first kappa shape index (κ1) is 13.9. The van der Waals surface area contributed by atoms with E-state index in [1.807, 2.05) is 0 Å². The van der Waals surface area contributed by atoms with E-state index < -0.39 is 0 Å². The van der Waals surface area contributed by atoms with E-state index in [2.05, 4.69) is 31.0 Å². The third-order valence-corrected chi connectivity index (χ3v) is 3.13. The second kappa shape index (κ2) is 6.58. The standard InChI is InChI=1S/C13H28N2O/c1-13(2,3)14-10-12(11-16-4)15-8-6-5-7-9-15/h12,14H,5-11H2,1-4H3. The molecule has 3 heteroatoms. The van der Waals surface area contributed by atoms with E-state index in [-0.39, 0.29) is 5.54 Å². The summed E-state index contributed by atoms with van der Waals surface area (Å²) < 4.78 is 5.34. The molecule has 0 aromatic carbocycles. The highest BCUT2D eigenvalue weighted by Crippen LogP contribution is 2.13. The Kier molecular flexibility index (Phi) is 5.73. The maximum Gasteiger partial charge on any atom is 0.0630 e. The molecule has 0 radical (unpaired) electrons. The largest absolute Gasteiger partial charge is 0.383 e. The minimum atomic E-state index is 0.196. The SMILES string of the molecule is COCC(CNC(C)(C)C)N1CCCCC1. The highest BCUT2D eigenvalue weighted by molar-refractivity contribution is 4.80. The number of nitrogens with zero attached hydrogens (tertiary/aromatic N) is 1. The van der Waals surface area contributed by atoms with Gasteiger partial charge in [-0.3, -0.25) is 4.90 Å². The van der Waals surface area contributed by atoms with E-state index in [4.69, 9.17) is 4.74 Å². The summed E-state index contributed by atoms with van der Waals surface area (Å²) in [7, 11) is 1.80. The summed E-state index contributed by atoms with van der Waals surface area (Å²) in [6.45, 7) is 11.0. The first-order chi connectivity index (χ1) is 7.53. The molecule has 1 aliphatic heterocycles. The van der Waals surface area contributed by atoms with E-state index in [0.717, 1.165) is 13.2 Å². The first-order valence-electron chi connectivity index (χ1n) is 6.51. The van der Waals surface area contributed by atoms with Crippen LogP contribution in [-0.2, 0) is 4.74 Å².